The van der Waals surface area contributed by atoms with Gasteiger partial charge in [0.2, 0.25) is 0 Å². The molecule has 6 heteroatoms. The van der Waals surface area contributed by atoms with E-state index >= 15 is 0 Å². The van der Waals surface area contributed by atoms with E-state index in [2.05, 4.69) is 10.2 Å². The minimum absolute atomic E-state index is 0.0844. The largest absolute Gasteiger partial charge is 0.508 e. The van der Waals surface area contributed by atoms with E-state index in [4.69, 9.17) is 9.84 Å². The molecule has 0 bridgehead atoms. The number of amides is 1. The van der Waals surface area contributed by atoms with Crippen molar-refractivity contribution < 1.29 is 19.0 Å². The van der Waals surface area contributed by atoms with Gasteiger partial charge >= 0.3 is 0 Å². The monoisotopic (exact) mass is 282 g/mol. The maximum absolute atomic E-state index is 13.6. The molecule has 20 heavy (non-hydrogen) atoms. The molecule has 1 fully saturated rings. The van der Waals surface area contributed by atoms with Crippen molar-refractivity contribution in [1.82, 2.24) is 10.2 Å². The minimum atomic E-state index is -0.739. The van der Waals surface area contributed by atoms with Crippen LogP contribution in [0.1, 0.15) is 17.3 Å². The molecule has 1 aliphatic rings. The number of halogens is 1. The van der Waals surface area contributed by atoms with Crippen molar-refractivity contribution in [2.45, 2.75) is 19.1 Å². The Morgan fingerprint density at radius 1 is 1.60 bits per heavy atom. The van der Waals surface area contributed by atoms with Crippen molar-refractivity contribution in [3.05, 3.63) is 29.6 Å². The average Bonchev–Trinajstić information content (AvgIpc) is 2.38. The normalized spacial score (nSPS) is 21.4. The van der Waals surface area contributed by atoms with Crippen LogP contribution < -0.4 is 5.32 Å². The Kier molecular flexibility index (Phi) is 4.57. The fourth-order valence-corrected chi connectivity index (χ4v) is 2.18. The van der Waals surface area contributed by atoms with Gasteiger partial charge in [0.05, 0.1) is 24.3 Å². The molecule has 1 heterocycles. The van der Waals surface area contributed by atoms with Gasteiger partial charge in [0, 0.05) is 19.2 Å². The molecule has 2 N–H and O–H groups in total. The molecular formula is C14H19FN2O3. The summed E-state index contributed by atoms with van der Waals surface area (Å²) in [5.74, 6) is -1.45. The molecule has 1 aromatic carbocycles. The molecule has 1 saturated heterocycles. The predicted molar refractivity (Wildman–Crippen MR) is 72.2 cm³/mol. The van der Waals surface area contributed by atoms with E-state index in [9.17, 15) is 9.18 Å². The van der Waals surface area contributed by atoms with Crippen LogP contribution in [-0.2, 0) is 4.74 Å². The van der Waals surface area contributed by atoms with E-state index in [0.717, 1.165) is 19.2 Å². The third-order valence-electron chi connectivity index (χ3n) is 3.41. The maximum Gasteiger partial charge on any atom is 0.254 e. The summed E-state index contributed by atoms with van der Waals surface area (Å²) in [6, 6.07) is 3.25. The Bertz CT molecular complexity index is 495. The molecule has 1 aliphatic heterocycles. The number of aromatic hydroxyl groups is 1. The predicted octanol–water partition coefficient (Wildman–Crippen LogP) is 0.980. The lowest BCUT2D eigenvalue weighted by atomic mass is 10.1. The van der Waals surface area contributed by atoms with Gasteiger partial charge < -0.3 is 20.1 Å². The molecule has 0 spiro atoms. The van der Waals surface area contributed by atoms with Crippen LogP contribution in [0.2, 0.25) is 0 Å². The first-order valence-corrected chi connectivity index (χ1v) is 6.57. The number of phenols is 1. The number of phenolic OH excluding ortho intramolecular Hbond substituents is 1. The second-order valence-electron chi connectivity index (χ2n) is 5.10. The number of hydrogen-bond acceptors (Lipinski definition) is 4. The van der Waals surface area contributed by atoms with Gasteiger partial charge in [-0.1, -0.05) is 0 Å². The minimum Gasteiger partial charge on any atom is -0.508 e. The summed E-state index contributed by atoms with van der Waals surface area (Å²) in [5, 5.41) is 11.9. The van der Waals surface area contributed by atoms with Gasteiger partial charge in [-0.05, 0) is 26.1 Å². The standard InChI is InChI=1S/C14H19FN2O3/c1-9(13-8-17(2)5-6-20-13)16-14(19)11-4-3-10(18)7-12(11)15/h3-4,7,9,13,18H,5-6,8H2,1-2H3,(H,16,19)/t9-,13-/m1/s1. The Labute approximate surface area is 117 Å². The first kappa shape index (κ1) is 14.7. The van der Waals surface area contributed by atoms with E-state index in [0.29, 0.717) is 6.61 Å². The van der Waals surface area contributed by atoms with Crippen molar-refractivity contribution >= 4 is 5.91 Å². The molecule has 2 atom stereocenters. The molecule has 5 nitrogen and oxygen atoms in total. The molecule has 2 rings (SSSR count). The molecule has 1 aromatic rings. The first-order valence-electron chi connectivity index (χ1n) is 6.57. The number of morpholine rings is 1. The average molecular weight is 282 g/mol. The number of carbonyl (C=O) groups is 1. The second kappa shape index (κ2) is 6.19. The molecule has 1 amide bonds. The van der Waals surface area contributed by atoms with Gasteiger partial charge in [0.25, 0.3) is 5.91 Å². The highest BCUT2D eigenvalue weighted by molar-refractivity contribution is 5.94. The van der Waals surface area contributed by atoms with Crippen LogP contribution in [0.3, 0.4) is 0 Å². The van der Waals surface area contributed by atoms with Crippen LogP contribution in [-0.4, -0.2) is 54.8 Å². The summed E-state index contributed by atoms with van der Waals surface area (Å²) in [6.45, 7) is 4.04. The number of nitrogens with one attached hydrogen (secondary N) is 1. The van der Waals surface area contributed by atoms with Crippen molar-refractivity contribution in [3.8, 4) is 5.75 Å². The van der Waals surface area contributed by atoms with Crippen LogP contribution in [0.5, 0.6) is 5.75 Å². The number of likely N-dealkylation sites (N-methyl/N-ethyl adjacent to an activating group) is 1. The van der Waals surface area contributed by atoms with Crippen LogP contribution in [0.15, 0.2) is 18.2 Å². The maximum atomic E-state index is 13.6. The van der Waals surface area contributed by atoms with E-state index in [1.54, 1.807) is 0 Å². The number of carbonyl (C=O) groups excluding carboxylic acids is 1. The zero-order valence-corrected chi connectivity index (χ0v) is 11.6. The third-order valence-corrected chi connectivity index (χ3v) is 3.41. The zero-order chi connectivity index (χ0) is 14.7. The third kappa shape index (κ3) is 3.46. The van der Waals surface area contributed by atoms with Crippen LogP contribution in [0.4, 0.5) is 4.39 Å². The van der Waals surface area contributed by atoms with Gasteiger partial charge in [0.15, 0.2) is 0 Å². The number of benzene rings is 1. The topological polar surface area (TPSA) is 61.8 Å². The highest BCUT2D eigenvalue weighted by Gasteiger charge is 2.25. The fourth-order valence-electron chi connectivity index (χ4n) is 2.18. The lowest BCUT2D eigenvalue weighted by molar-refractivity contribution is -0.0342. The Balaban J connectivity index is 1.99. The number of nitrogens with zero attached hydrogens (tertiary/aromatic N) is 1. The van der Waals surface area contributed by atoms with Crippen molar-refractivity contribution in [2.75, 3.05) is 26.7 Å². The summed E-state index contributed by atoms with van der Waals surface area (Å²) in [7, 11) is 1.99. The van der Waals surface area contributed by atoms with Crippen molar-refractivity contribution in [3.63, 3.8) is 0 Å². The van der Waals surface area contributed by atoms with E-state index < -0.39 is 11.7 Å². The first-order chi connectivity index (χ1) is 9.47. The summed E-state index contributed by atoms with van der Waals surface area (Å²) < 4.78 is 19.2. The zero-order valence-electron chi connectivity index (χ0n) is 11.6. The summed E-state index contributed by atoms with van der Waals surface area (Å²) in [6.07, 6.45) is -0.113. The molecule has 110 valence electrons. The van der Waals surface area contributed by atoms with Gasteiger partial charge in [-0.3, -0.25) is 4.79 Å². The number of rotatable bonds is 3. The van der Waals surface area contributed by atoms with E-state index in [1.165, 1.54) is 12.1 Å². The second-order valence-corrected chi connectivity index (χ2v) is 5.10. The quantitative estimate of drug-likeness (QED) is 0.867. The Hall–Kier alpha value is -1.66. The van der Waals surface area contributed by atoms with Crippen LogP contribution in [0, 0.1) is 5.82 Å². The van der Waals surface area contributed by atoms with Gasteiger partial charge in [-0.15, -0.1) is 0 Å². The van der Waals surface area contributed by atoms with Crippen molar-refractivity contribution in [2.24, 2.45) is 0 Å². The Morgan fingerprint density at radius 2 is 2.35 bits per heavy atom. The van der Waals surface area contributed by atoms with Gasteiger partial charge in [0.1, 0.15) is 11.6 Å². The summed E-state index contributed by atoms with van der Waals surface area (Å²) in [5.41, 5.74) is -0.0844. The molecule has 0 aliphatic carbocycles. The highest BCUT2D eigenvalue weighted by Crippen LogP contribution is 2.15. The summed E-state index contributed by atoms with van der Waals surface area (Å²) in [4.78, 5) is 14.1. The molecule has 0 unspecified atom stereocenters. The van der Waals surface area contributed by atoms with E-state index in [1.807, 2.05) is 14.0 Å². The Morgan fingerprint density at radius 3 is 3.00 bits per heavy atom. The van der Waals surface area contributed by atoms with Crippen LogP contribution >= 0.6 is 0 Å². The van der Waals surface area contributed by atoms with E-state index in [-0.39, 0.29) is 23.5 Å². The smallest absolute Gasteiger partial charge is 0.254 e. The highest BCUT2D eigenvalue weighted by atomic mass is 19.1. The fraction of sp³-hybridized carbons (Fsp3) is 0.500. The molecule has 0 aromatic heterocycles. The molecule has 0 saturated carbocycles. The van der Waals surface area contributed by atoms with Crippen molar-refractivity contribution in [1.29, 1.82) is 0 Å². The SMILES string of the molecule is C[C@@H](NC(=O)c1ccc(O)cc1F)[C@H]1CN(C)CCO1. The van der Waals surface area contributed by atoms with Crippen LogP contribution in [0.25, 0.3) is 0 Å². The van der Waals surface area contributed by atoms with Gasteiger partial charge in [-0.2, -0.15) is 0 Å². The van der Waals surface area contributed by atoms with Gasteiger partial charge in [-0.25, -0.2) is 4.39 Å². The number of ether oxygens (including phenoxy) is 1. The summed E-state index contributed by atoms with van der Waals surface area (Å²) >= 11 is 0. The lowest BCUT2D eigenvalue weighted by Gasteiger charge is -2.33. The number of hydrogen-bond donors (Lipinski definition) is 2. The molecule has 0 radical (unpaired) electrons. The lowest BCUT2D eigenvalue weighted by Crippen LogP contribution is -2.51. The molecular weight excluding hydrogens is 263 g/mol.